The first-order valence-corrected chi connectivity index (χ1v) is 6.12. The van der Waals surface area contributed by atoms with E-state index < -0.39 is 5.97 Å². The molecule has 0 aliphatic heterocycles. The molecule has 2 nitrogen and oxygen atoms in total. The topological polar surface area (TPSA) is 37.3 Å². The third-order valence-corrected chi connectivity index (χ3v) is 3.34. The van der Waals surface area contributed by atoms with Gasteiger partial charge in [-0.15, -0.1) is 0 Å². The molecule has 1 aromatic rings. The lowest BCUT2D eigenvalue weighted by molar-refractivity contribution is -0.142. The van der Waals surface area contributed by atoms with Gasteiger partial charge in [-0.3, -0.25) is 4.79 Å². The summed E-state index contributed by atoms with van der Waals surface area (Å²) in [6.45, 7) is 0. The maximum absolute atomic E-state index is 13.0. The van der Waals surface area contributed by atoms with Gasteiger partial charge in [0.15, 0.2) is 0 Å². The predicted octanol–water partition coefficient (Wildman–Crippen LogP) is 3.26. The Labute approximate surface area is 100 Å². The molecule has 1 atom stereocenters. The van der Waals surface area contributed by atoms with E-state index >= 15 is 0 Å². The van der Waals surface area contributed by atoms with Gasteiger partial charge in [0.05, 0.1) is 5.92 Å². The van der Waals surface area contributed by atoms with Crippen molar-refractivity contribution in [2.24, 2.45) is 11.8 Å². The Balaban J connectivity index is 1.93. The lowest BCUT2D eigenvalue weighted by atomic mass is 9.94. The van der Waals surface area contributed by atoms with Gasteiger partial charge < -0.3 is 5.11 Å². The Morgan fingerprint density at radius 3 is 2.82 bits per heavy atom. The Morgan fingerprint density at radius 1 is 1.47 bits per heavy atom. The van der Waals surface area contributed by atoms with Gasteiger partial charge in [-0.1, -0.05) is 25.0 Å². The number of aliphatic carboxylic acids is 1. The molecule has 17 heavy (non-hydrogen) atoms. The third-order valence-electron chi connectivity index (χ3n) is 3.34. The van der Waals surface area contributed by atoms with E-state index in [4.69, 9.17) is 5.11 Å². The summed E-state index contributed by atoms with van der Waals surface area (Å²) in [4.78, 5) is 11.1. The van der Waals surface area contributed by atoms with E-state index in [1.165, 1.54) is 25.0 Å². The second kappa shape index (κ2) is 5.30. The number of carboxylic acids is 1. The molecule has 0 bridgehead atoms. The Hall–Kier alpha value is -1.38. The van der Waals surface area contributed by atoms with Crippen LogP contribution in [0, 0.1) is 17.7 Å². The molecule has 1 N–H and O–H groups in total. The van der Waals surface area contributed by atoms with Crippen molar-refractivity contribution in [3.63, 3.8) is 0 Å². The van der Waals surface area contributed by atoms with E-state index in [2.05, 4.69) is 0 Å². The minimum absolute atomic E-state index is 0.297. The van der Waals surface area contributed by atoms with E-state index in [0.29, 0.717) is 12.8 Å². The van der Waals surface area contributed by atoms with E-state index in [0.717, 1.165) is 17.9 Å². The van der Waals surface area contributed by atoms with Gasteiger partial charge in [-0.2, -0.15) is 0 Å². The fraction of sp³-hybridized carbons (Fsp3) is 0.500. The van der Waals surface area contributed by atoms with E-state index in [9.17, 15) is 9.18 Å². The molecular weight excluding hydrogens is 219 g/mol. The second-order valence-corrected chi connectivity index (χ2v) is 4.89. The minimum Gasteiger partial charge on any atom is -0.481 e. The summed E-state index contributed by atoms with van der Waals surface area (Å²) in [5, 5.41) is 9.14. The summed E-state index contributed by atoms with van der Waals surface area (Å²) in [5.41, 5.74) is 0.771. The largest absolute Gasteiger partial charge is 0.481 e. The number of hydrogen-bond acceptors (Lipinski definition) is 1. The summed E-state index contributed by atoms with van der Waals surface area (Å²) in [7, 11) is 0. The average Bonchev–Trinajstić information content (AvgIpc) is 3.07. The third kappa shape index (κ3) is 3.84. The van der Waals surface area contributed by atoms with E-state index in [1.54, 1.807) is 12.1 Å². The minimum atomic E-state index is -0.769. The highest BCUT2D eigenvalue weighted by atomic mass is 19.1. The first-order chi connectivity index (χ1) is 8.15. The highest BCUT2D eigenvalue weighted by Gasteiger charge is 2.25. The number of benzene rings is 1. The van der Waals surface area contributed by atoms with Crippen LogP contribution in [0.1, 0.15) is 31.2 Å². The van der Waals surface area contributed by atoms with Crippen molar-refractivity contribution >= 4 is 5.97 Å². The zero-order chi connectivity index (χ0) is 12.3. The van der Waals surface area contributed by atoms with Gasteiger partial charge in [-0.05, 0) is 42.9 Å². The molecule has 0 radical (unpaired) electrons. The molecule has 1 fully saturated rings. The molecular formula is C14H17FO2. The molecule has 1 saturated carbocycles. The Kier molecular flexibility index (Phi) is 3.77. The molecule has 0 heterocycles. The van der Waals surface area contributed by atoms with Crippen LogP contribution in [0.15, 0.2) is 24.3 Å². The highest BCUT2D eigenvalue weighted by Crippen LogP contribution is 2.35. The maximum Gasteiger partial charge on any atom is 0.306 e. The fourth-order valence-electron chi connectivity index (χ4n) is 2.10. The number of carboxylic acid groups (broad SMARTS) is 1. The monoisotopic (exact) mass is 236 g/mol. The van der Waals surface area contributed by atoms with Crippen LogP contribution < -0.4 is 0 Å². The second-order valence-electron chi connectivity index (χ2n) is 4.89. The van der Waals surface area contributed by atoms with Crippen LogP contribution in [0.4, 0.5) is 4.39 Å². The van der Waals surface area contributed by atoms with Crippen molar-refractivity contribution in [1.29, 1.82) is 0 Å². The summed E-state index contributed by atoms with van der Waals surface area (Å²) >= 11 is 0. The lowest BCUT2D eigenvalue weighted by Gasteiger charge is -2.12. The average molecular weight is 236 g/mol. The van der Waals surface area contributed by atoms with Crippen LogP contribution in [-0.4, -0.2) is 11.1 Å². The molecule has 0 saturated heterocycles. The smallest absolute Gasteiger partial charge is 0.306 e. The molecule has 1 aromatic carbocycles. The van der Waals surface area contributed by atoms with Gasteiger partial charge in [0, 0.05) is 0 Å². The number of hydrogen-bond donors (Lipinski definition) is 1. The maximum atomic E-state index is 13.0. The van der Waals surface area contributed by atoms with Gasteiger partial charge in [0.25, 0.3) is 0 Å². The van der Waals surface area contributed by atoms with Gasteiger partial charge >= 0.3 is 5.97 Å². The number of rotatable bonds is 6. The molecule has 0 amide bonds. The Bertz CT molecular complexity index is 399. The van der Waals surface area contributed by atoms with Gasteiger partial charge in [0.2, 0.25) is 0 Å². The number of carbonyl (C=O) groups is 1. The van der Waals surface area contributed by atoms with Crippen molar-refractivity contribution in [3.05, 3.63) is 35.6 Å². The predicted molar refractivity (Wildman–Crippen MR) is 63.2 cm³/mol. The standard InChI is InChI=1S/C14H17FO2/c15-13-3-1-2-11(9-13)8-12(14(16)17)7-6-10-4-5-10/h1-3,9-10,12H,4-8H2,(H,16,17). The number of halogens is 1. The lowest BCUT2D eigenvalue weighted by Crippen LogP contribution is -2.16. The molecule has 0 aromatic heterocycles. The zero-order valence-corrected chi connectivity index (χ0v) is 9.73. The molecule has 2 rings (SSSR count). The zero-order valence-electron chi connectivity index (χ0n) is 9.73. The van der Waals surface area contributed by atoms with Crippen LogP contribution >= 0.6 is 0 Å². The van der Waals surface area contributed by atoms with Crippen LogP contribution in [0.5, 0.6) is 0 Å². The van der Waals surface area contributed by atoms with Crippen LogP contribution in [-0.2, 0) is 11.2 Å². The Morgan fingerprint density at radius 2 is 2.24 bits per heavy atom. The summed E-state index contributed by atoms with van der Waals surface area (Å²) < 4.78 is 13.0. The molecule has 3 heteroatoms. The van der Waals surface area contributed by atoms with Crippen LogP contribution in [0.2, 0.25) is 0 Å². The van der Waals surface area contributed by atoms with Crippen molar-refractivity contribution in [1.82, 2.24) is 0 Å². The highest BCUT2D eigenvalue weighted by molar-refractivity contribution is 5.70. The summed E-state index contributed by atoms with van der Waals surface area (Å²) in [6.07, 6.45) is 4.61. The van der Waals surface area contributed by atoms with Crippen molar-refractivity contribution < 1.29 is 14.3 Å². The molecule has 1 aliphatic rings. The fourth-order valence-corrected chi connectivity index (χ4v) is 2.10. The molecule has 0 spiro atoms. The van der Waals surface area contributed by atoms with Crippen molar-refractivity contribution in [2.45, 2.75) is 32.1 Å². The van der Waals surface area contributed by atoms with E-state index in [1.807, 2.05) is 0 Å². The van der Waals surface area contributed by atoms with Crippen LogP contribution in [0.25, 0.3) is 0 Å². The van der Waals surface area contributed by atoms with Crippen molar-refractivity contribution in [2.75, 3.05) is 0 Å². The molecule has 92 valence electrons. The van der Waals surface area contributed by atoms with Crippen LogP contribution in [0.3, 0.4) is 0 Å². The van der Waals surface area contributed by atoms with Crippen molar-refractivity contribution in [3.8, 4) is 0 Å². The van der Waals surface area contributed by atoms with Gasteiger partial charge in [0.1, 0.15) is 5.82 Å². The SMILES string of the molecule is O=C(O)C(CCC1CC1)Cc1cccc(F)c1. The summed E-state index contributed by atoms with van der Waals surface area (Å²) in [5.74, 6) is -0.703. The van der Waals surface area contributed by atoms with E-state index in [-0.39, 0.29) is 11.7 Å². The van der Waals surface area contributed by atoms with Gasteiger partial charge in [-0.25, -0.2) is 4.39 Å². The summed E-state index contributed by atoms with van der Waals surface area (Å²) in [6, 6.07) is 6.22. The molecule has 1 unspecified atom stereocenters. The quantitative estimate of drug-likeness (QED) is 0.823. The molecule has 1 aliphatic carbocycles. The first-order valence-electron chi connectivity index (χ1n) is 6.12. The normalized spacial score (nSPS) is 16.8. The first kappa shape index (κ1) is 12.1.